The van der Waals surface area contributed by atoms with E-state index in [-0.39, 0.29) is 5.41 Å². The molecule has 1 aliphatic rings. The molecule has 1 heterocycles. The fraction of sp³-hybridized carbons (Fsp3) is 0.118. The highest BCUT2D eigenvalue weighted by molar-refractivity contribution is 7.82. The number of benzene rings is 4. The van der Waals surface area contributed by atoms with E-state index in [2.05, 4.69) is 62.9 Å². The van der Waals surface area contributed by atoms with Crippen LogP contribution in [-0.4, -0.2) is 0 Å². The van der Waals surface area contributed by atoms with Gasteiger partial charge in [-0.1, -0.05) is 111 Å². The van der Waals surface area contributed by atoms with E-state index >= 15 is 0 Å². The van der Waals surface area contributed by atoms with Gasteiger partial charge in [-0.25, -0.2) is 0 Å². The fourth-order valence-corrected chi connectivity index (χ4v) is 9.29. The molecule has 6 rings (SSSR count). The summed E-state index contributed by atoms with van der Waals surface area (Å²) < 4.78 is 17.0. The third kappa shape index (κ3) is 3.71. The van der Waals surface area contributed by atoms with Crippen molar-refractivity contribution in [3.05, 3.63) is 129 Å². The van der Waals surface area contributed by atoms with Gasteiger partial charge in [0.2, 0.25) is 0 Å². The molecule has 0 atom stereocenters. The summed E-state index contributed by atoms with van der Waals surface area (Å²) in [6, 6.07) is 33.1. The first-order valence-electron chi connectivity index (χ1n) is 12.6. The molecule has 0 N–H and O–H groups in total. The second-order valence-electron chi connectivity index (χ2n) is 10.3. The number of thiophene rings is 1. The van der Waals surface area contributed by atoms with Crippen molar-refractivity contribution < 1.29 is 4.57 Å². The van der Waals surface area contributed by atoms with Crippen molar-refractivity contribution in [1.29, 1.82) is 0 Å². The van der Waals surface area contributed by atoms with Gasteiger partial charge in [-0.3, -0.25) is 0 Å². The van der Waals surface area contributed by atoms with Crippen LogP contribution in [0.5, 0.6) is 0 Å². The molecule has 0 unspecified atom stereocenters. The van der Waals surface area contributed by atoms with E-state index in [9.17, 15) is 4.57 Å². The number of hydrogen-bond acceptors (Lipinski definition) is 2. The Balaban J connectivity index is 1.50. The zero-order chi connectivity index (χ0) is 25.8. The Labute approximate surface area is 222 Å². The zero-order valence-corrected chi connectivity index (χ0v) is 23.1. The van der Waals surface area contributed by atoms with Crippen LogP contribution in [0.1, 0.15) is 31.9 Å². The molecule has 0 spiro atoms. The lowest BCUT2D eigenvalue weighted by Crippen LogP contribution is -2.18. The van der Waals surface area contributed by atoms with E-state index in [1.165, 1.54) is 32.3 Å². The molecule has 0 saturated heterocycles. The maximum atomic E-state index is 14.6. The first-order chi connectivity index (χ1) is 17.8. The molecule has 0 aliphatic heterocycles. The predicted octanol–water partition coefficient (Wildman–Crippen LogP) is 7.32. The van der Waals surface area contributed by atoms with Crippen molar-refractivity contribution >= 4 is 51.8 Å². The van der Waals surface area contributed by atoms with Crippen LogP contribution < -0.4 is 20.4 Å². The summed E-state index contributed by atoms with van der Waals surface area (Å²) in [5.41, 5.74) is 5.37. The van der Waals surface area contributed by atoms with Crippen molar-refractivity contribution in [2.24, 2.45) is 0 Å². The molecule has 0 saturated carbocycles. The normalized spacial score (nSPS) is 15.1. The minimum absolute atomic E-state index is 0.0349. The average molecular weight is 517 g/mol. The Morgan fingerprint density at radius 2 is 1.41 bits per heavy atom. The molecule has 1 aromatic heterocycles. The zero-order valence-electron chi connectivity index (χ0n) is 21.4. The lowest BCUT2D eigenvalue weighted by Gasteiger charge is -2.21. The topological polar surface area (TPSA) is 17.1 Å². The highest BCUT2D eigenvalue weighted by Crippen LogP contribution is 2.52. The molecule has 5 aromatic rings. The third-order valence-electron chi connectivity index (χ3n) is 7.74. The number of allylic oxidation sites excluding steroid dienone is 2. The van der Waals surface area contributed by atoms with Crippen LogP contribution in [0.15, 0.2) is 108 Å². The smallest absolute Gasteiger partial charge is 0.166 e. The van der Waals surface area contributed by atoms with Gasteiger partial charge in [-0.05, 0) is 57.9 Å². The second-order valence-corrected chi connectivity index (χ2v) is 14.3. The van der Waals surface area contributed by atoms with E-state index in [1.54, 1.807) is 11.3 Å². The maximum absolute atomic E-state index is 14.6. The summed E-state index contributed by atoms with van der Waals surface area (Å²) >= 11 is 1.76. The Bertz CT molecular complexity index is 1800. The largest absolute Gasteiger partial charge is 0.309 e. The quantitative estimate of drug-likeness (QED) is 0.229. The van der Waals surface area contributed by atoms with E-state index in [0.29, 0.717) is 0 Å². The van der Waals surface area contributed by atoms with Gasteiger partial charge in [0.15, 0.2) is 7.14 Å². The highest BCUT2D eigenvalue weighted by Gasteiger charge is 2.35. The van der Waals surface area contributed by atoms with Gasteiger partial charge in [0, 0.05) is 30.6 Å². The molecule has 1 nitrogen and oxygen atoms in total. The molecule has 0 amide bonds. The number of hydrogen-bond donors (Lipinski definition) is 0. The molecular formula is C34H29OPS. The van der Waals surface area contributed by atoms with E-state index < -0.39 is 7.14 Å². The van der Waals surface area contributed by atoms with Crippen LogP contribution in [-0.2, 0) is 9.98 Å². The van der Waals surface area contributed by atoms with Gasteiger partial charge < -0.3 is 4.57 Å². The van der Waals surface area contributed by atoms with Gasteiger partial charge in [-0.2, -0.15) is 0 Å². The van der Waals surface area contributed by atoms with E-state index in [4.69, 9.17) is 0 Å². The lowest BCUT2D eigenvalue weighted by molar-refractivity contribution is 0.590. The first-order valence-corrected chi connectivity index (χ1v) is 15.1. The van der Waals surface area contributed by atoms with Gasteiger partial charge in [0.25, 0.3) is 0 Å². The van der Waals surface area contributed by atoms with Crippen LogP contribution in [0, 0.1) is 0 Å². The molecule has 0 radical (unpaired) electrons. The minimum Gasteiger partial charge on any atom is -0.309 e. The lowest BCUT2D eigenvalue weighted by atomic mass is 9.82. The molecule has 0 bridgehead atoms. The van der Waals surface area contributed by atoms with Crippen molar-refractivity contribution in [3.63, 3.8) is 0 Å². The van der Waals surface area contributed by atoms with E-state index in [0.717, 1.165) is 25.7 Å². The summed E-state index contributed by atoms with van der Waals surface area (Å²) in [7, 11) is -2.95. The molecular weight excluding hydrogens is 487 g/mol. The first kappa shape index (κ1) is 23.9. The molecule has 182 valence electrons. The molecule has 37 heavy (non-hydrogen) atoms. The van der Waals surface area contributed by atoms with Crippen molar-refractivity contribution in [1.82, 2.24) is 0 Å². The van der Waals surface area contributed by atoms with Crippen LogP contribution in [0.25, 0.3) is 33.9 Å². The van der Waals surface area contributed by atoms with Gasteiger partial charge in [0.1, 0.15) is 0 Å². The van der Waals surface area contributed by atoms with Crippen molar-refractivity contribution in [2.45, 2.75) is 26.2 Å². The number of fused-ring (bicyclic) bond motifs is 4. The third-order valence-corrected chi connectivity index (χ3v) is 12.1. The monoisotopic (exact) mass is 516 g/mol. The highest BCUT2D eigenvalue weighted by atomic mass is 32.1. The standard InChI is InChI=1S/C34H29OPS/c1-23(36(35,25-13-7-5-8-14-25)26-15-9-6-10-16-26)19-20-32-24(2)28-21-31-29(22-33(28)37-32)27-17-11-12-18-30(27)34(31,3)4/h5-22H,2H2,1,3-4H3/b23-19+,32-20+. The predicted molar refractivity (Wildman–Crippen MR) is 162 cm³/mol. The fourth-order valence-electron chi connectivity index (χ4n) is 5.63. The summed E-state index contributed by atoms with van der Waals surface area (Å²) in [6.45, 7) is 11.1. The maximum Gasteiger partial charge on any atom is 0.166 e. The van der Waals surface area contributed by atoms with Crippen LogP contribution in [0.3, 0.4) is 0 Å². The molecule has 4 aromatic carbocycles. The molecule has 0 fully saturated rings. The van der Waals surface area contributed by atoms with Gasteiger partial charge >= 0.3 is 0 Å². The summed E-state index contributed by atoms with van der Waals surface area (Å²) in [4.78, 5) is 0. The minimum atomic E-state index is -2.95. The van der Waals surface area contributed by atoms with Gasteiger partial charge in [0.05, 0.1) is 0 Å². The SMILES string of the molecule is C=c1/c(=C\C=C(/C)P(=O)(c2ccccc2)c2ccccc2)sc2cc3c(cc12)C(C)(C)c1ccccc1-3. The summed E-state index contributed by atoms with van der Waals surface area (Å²) in [5.74, 6) is 0. The van der Waals surface area contributed by atoms with Crippen LogP contribution in [0.4, 0.5) is 0 Å². The summed E-state index contributed by atoms with van der Waals surface area (Å²) in [5, 5.41) is 4.81. The molecule has 1 aliphatic carbocycles. The van der Waals surface area contributed by atoms with E-state index in [1.807, 2.05) is 73.7 Å². The van der Waals surface area contributed by atoms with Crippen molar-refractivity contribution in [2.75, 3.05) is 0 Å². The van der Waals surface area contributed by atoms with Crippen molar-refractivity contribution in [3.8, 4) is 11.1 Å². The Morgan fingerprint density at radius 3 is 2.05 bits per heavy atom. The Kier molecular flexibility index (Phi) is 5.71. The second kappa shape index (κ2) is 8.84. The van der Waals surface area contributed by atoms with Gasteiger partial charge in [-0.15, -0.1) is 11.3 Å². The average Bonchev–Trinajstić information content (AvgIpc) is 3.36. The Hall–Kier alpha value is -3.45. The molecule has 3 heteroatoms. The van der Waals surface area contributed by atoms with Crippen LogP contribution >= 0.6 is 18.5 Å². The summed E-state index contributed by atoms with van der Waals surface area (Å²) in [6.07, 6.45) is 4.14. The van der Waals surface area contributed by atoms with Crippen LogP contribution in [0.2, 0.25) is 0 Å². The Morgan fingerprint density at radius 1 is 0.811 bits per heavy atom. The number of rotatable bonds is 4.